The number of fused-ring (bicyclic) bond motifs is 1. The van der Waals surface area contributed by atoms with E-state index < -0.39 is 0 Å². The van der Waals surface area contributed by atoms with Gasteiger partial charge in [0.15, 0.2) is 16.6 Å². The molecule has 2 heterocycles. The quantitative estimate of drug-likeness (QED) is 0.768. The molecule has 1 fully saturated rings. The van der Waals surface area contributed by atoms with Crippen LogP contribution in [-0.4, -0.2) is 43.1 Å². The van der Waals surface area contributed by atoms with Gasteiger partial charge in [0.1, 0.15) is 0 Å². The van der Waals surface area contributed by atoms with E-state index in [0.717, 1.165) is 55.6 Å². The second kappa shape index (κ2) is 8.56. The van der Waals surface area contributed by atoms with Gasteiger partial charge in [-0.05, 0) is 47.6 Å². The van der Waals surface area contributed by atoms with Crippen molar-refractivity contribution in [3.05, 3.63) is 53.6 Å². The van der Waals surface area contributed by atoms with Crippen molar-refractivity contribution in [2.45, 2.75) is 13.1 Å². The highest BCUT2D eigenvalue weighted by atomic mass is 32.1. The van der Waals surface area contributed by atoms with Crippen molar-refractivity contribution in [2.75, 3.05) is 38.4 Å². The smallest absolute Gasteiger partial charge is 0.231 e. The highest BCUT2D eigenvalue weighted by molar-refractivity contribution is 7.80. The van der Waals surface area contributed by atoms with Crippen molar-refractivity contribution in [1.82, 2.24) is 10.2 Å². The number of nitrogens with zero attached hydrogens (tertiary/aromatic N) is 1. The molecule has 0 saturated carbocycles. The second-order valence-electron chi connectivity index (χ2n) is 6.58. The summed E-state index contributed by atoms with van der Waals surface area (Å²) < 4.78 is 16.1. The van der Waals surface area contributed by atoms with Gasteiger partial charge < -0.3 is 24.8 Å². The third kappa shape index (κ3) is 4.88. The topological polar surface area (TPSA) is 55.0 Å². The molecule has 0 radical (unpaired) electrons. The fraction of sp³-hybridized carbons (Fsp3) is 0.350. The van der Waals surface area contributed by atoms with Crippen LogP contribution in [0.3, 0.4) is 0 Å². The van der Waals surface area contributed by atoms with Crippen LogP contribution < -0.4 is 20.1 Å². The molecular weight excluding hydrogens is 362 g/mol. The van der Waals surface area contributed by atoms with Crippen LogP contribution in [0.2, 0.25) is 0 Å². The third-order valence-electron chi connectivity index (χ3n) is 4.61. The fourth-order valence-electron chi connectivity index (χ4n) is 3.12. The fourth-order valence-corrected chi connectivity index (χ4v) is 3.31. The van der Waals surface area contributed by atoms with Gasteiger partial charge in [-0.3, -0.25) is 4.90 Å². The summed E-state index contributed by atoms with van der Waals surface area (Å²) in [5.74, 6) is 1.57. The minimum Gasteiger partial charge on any atom is -0.454 e. The molecule has 0 unspecified atom stereocenters. The lowest BCUT2D eigenvalue weighted by atomic mass is 10.2. The number of ether oxygens (including phenoxy) is 3. The predicted molar refractivity (Wildman–Crippen MR) is 108 cm³/mol. The Bertz CT molecular complexity index is 792. The summed E-state index contributed by atoms with van der Waals surface area (Å²) in [6, 6.07) is 14.3. The molecule has 1 saturated heterocycles. The molecule has 0 aromatic heterocycles. The zero-order chi connectivity index (χ0) is 18.5. The van der Waals surface area contributed by atoms with Crippen LogP contribution in [0.1, 0.15) is 11.1 Å². The lowest BCUT2D eigenvalue weighted by molar-refractivity contribution is 0.0342. The van der Waals surface area contributed by atoms with Crippen LogP contribution in [0.5, 0.6) is 11.5 Å². The standard InChI is InChI=1S/C20H23N3O3S/c27-20(21-12-16-3-6-18-19(11-16)26-14-25-18)22-17-4-1-15(2-5-17)13-23-7-9-24-10-8-23/h1-6,11H,7-10,12-14H2,(H2,21,22,27). The van der Waals surface area contributed by atoms with E-state index >= 15 is 0 Å². The SMILES string of the molecule is S=C(NCc1ccc2c(c1)OCO2)Nc1ccc(CN2CCOCC2)cc1. The van der Waals surface area contributed by atoms with Crippen LogP contribution in [0, 0.1) is 0 Å². The van der Waals surface area contributed by atoms with Gasteiger partial charge in [0, 0.05) is 31.9 Å². The molecule has 2 aliphatic heterocycles. The first-order valence-electron chi connectivity index (χ1n) is 9.09. The van der Waals surface area contributed by atoms with Crippen LogP contribution in [0.4, 0.5) is 5.69 Å². The summed E-state index contributed by atoms with van der Waals surface area (Å²) in [6.07, 6.45) is 0. The van der Waals surface area contributed by atoms with E-state index in [2.05, 4.69) is 39.8 Å². The van der Waals surface area contributed by atoms with Crippen LogP contribution in [-0.2, 0) is 17.8 Å². The first-order valence-corrected chi connectivity index (χ1v) is 9.49. The summed E-state index contributed by atoms with van der Waals surface area (Å²) in [5, 5.41) is 7.04. The second-order valence-corrected chi connectivity index (χ2v) is 6.99. The average Bonchev–Trinajstić information content (AvgIpc) is 3.17. The van der Waals surface area contributed by atoms with E-state index in [1.54, 1.807) is 0 Å². The molecule has 0 spiro atoms. The molecule has 2 aromatic rings. The van der Waals surface area contributed by atoms with Crippen LogP contribution in [0.25, 0.3) is 0 Å². The molecule has 6 nitrogen and oxygen atoms in total. The predicted octanol–water partition coefficient (Wildman–Crippen LogP) is 2.73. The molecule has 0 amide bonds. The van der Waals surface area contributed by atoms with Gasteiger partial charge in [0.2, 0.25) is 6.79 Å². The van der Waals surface area contributed by atoms with Gasteiger partial charge in [-0.25, -0.2) is 0 Å². The molecule has 7 heteroatoms. The molecule has 4 rings (SSSR count). The number of hydrogen-bond acceptors (Lipinski definition) is 5. The number of rotatable bonds is 5. The molecule has 2 aliphatic rings. The first kappa shape index (κ1) is 18.0. The lowest BCUT2D eigenvalue weighted by Gasteiger charge is -2.26. The summed E-state index contributed by atoms with van der Waals surface area (Å²) in [5.41, 5.74) is 3.36. The molecule has 0 aliphatic carbocycles. The molecule has 27 heavy (non-hydrogen) atoms. The summed E-state index contributed by atoms with van der Waals surface area (Å²) in [6.45, 7) is 5.50. The Morgan fingerprint density at radius 1 is 0.963 bits per heavy atom. The van der Waals surface area contributed by atoms with Gasteiger partial charge in [-0.2, -0.15) is 0 Å². The van der Waals surface area contributed by atoms with E-state index in [1.165, 1.54) is 5.56 Å². The van der Waals surface area contributed by atoms with Gasteiger partial charge in [0.25, 0.3) is 0 Å². The van der Waals surface area contributed by atoms with Gasteiger partial charge >= 0.3 is 0 Å². The number of morpholine rings is 1. The Hall–Kier alpha value is -2.35. The summed E-state index contributed by atoms with van der Waals surface area (Å²) in [7, 11) is 0. The van der Waals surface area contributed by atoms with Crippen molar-refractivity contribution in [3.8, 4) is 11.5 Å². The van der Waals surface area contributed by atoms with Crippen molar-refractivity contribution >= 4 is 23.0 Å². The lowest BCUT2D eigenvalue weighted by Crippen LogP contribution is -2.35. The Morgan fingerprint density at radius 3 is 2.52 bits per heavy atom. The van der Waals surface area contributed by atoms with Crippen molar-refractivity contribution < 1.29 is 14.2 Å². The Kier molecular flexibility index (Phi) is 5.72. The molecule has 0 bridgehead atoms. The van der Waals surface area contributed by atoms with Gasteiger partial charge in [-0.1, -0.05) is 18.2 Å². The minimum absolute atomic E-state index is 0.285. The Balaban J connectivity index is 1.25. The van der Waals surface area contributed by atoms with Crippen molar-refractivity contribution in [3.63, 3.8) is 0 Å². The maximum Gasteiger partial charge on any atom is 0.231 e. The van der Waals surface area contributed by atoms with E-state index in [9.17, 15) is 0 Å². The van der Waals surface area contributed by atoms with E-state index in [1.807, 2.05) is 18.2 Å². The van der Waals surface area contributed by atoms with Crippen LogP contribution in [0.15, 0.2) is 42.5 Å². The molecule has 2 aromatic carbocycles. The zero-order valence-corrected chi connectivity index (χ0v) is 15.9. The molecule has 0 atom stereocenters. The van der Waals surface area contributed by atoms with E-state index in [0.29, 0.717) is 11.7 Å². The summed E-state index contributed by atoms with van der Waals surface area (Å²) in [4.78, 5) is 2.41. The minimum atomic E-state index is 0.285. The van der Waals surface area contributed by atoms with E-state index in [-0.39, 0.29) is 6.79 Å². The van der Waals surface area contributed by atoms with Crippen molar-refractivity contribution in [1.29, 1.82) is 0 Å². The Labute approximate surface area is 164 Å². The third-order valence-corrected chi connectivity index (χ3v) is 4.86. The highest BCUT2D eigenvalue weighted by Gasteiger charge is 2.13. The van der Waals surface area contributed by atoms with Crippen LogP contribution >= 0.6 is 12.2 Å². The highest BCUT2D eigenvalue weighted by Crippen LogP contribution is 2.32. The molecule has 2 N–H and O–H groups in total. The average molecular weight is 385 g/mol. The van der Waals surface area contributed by atoms with Gasteiger partial charge in [0.05, 0.1) is 13.2 Å². The molecule has 142 valence electrons. The number of nitrogens with one attached hydrogen (secondary N) is 2. The van der Waals surface area contributed by atoms with E-state index in [4.69, 9.17) is 26.4 Å². The monoisotopic (exact) mass is 385 g/mol. The molecular formula is C20H23N3O3S. The maximum absolute atomic E-state index is 5.40. The maximum atomic E-state index is 5.40. The van der Waals surface area contributed by atoms with Crippen molar-refractivity contribution in [2.24, 2.45) is 0 Å². The summed E-state index contributed by atoms with van der Waals surface area (Å²) >= 11 is 5.40. The Morgan fingerprint density at radius 2 is 1.70 bits per heavy atom. The number of benzene rings is 2. The van der Waals surface area contributed by atoms with Gasteiger partial charge in [-0.15, -0.1) is 0 Å². The number of thiocarbonyl (C=S) groups is 1. The number of anilines is 1. The largest absolute Gasteiger partial charge is 0.454 e. The normalized spacial score (nSPS) is 16.1. The number of hydrogen-bond donors (Lipinski definition) is 2. The zero-order valence-electron chi connectivity index (χ0n) is 15.1. The first-order chi connectivity index (χ1) is 13.3.